The van der Waals surface area contributed by atoms with E-state index in [2.05, 4.69) is 63.2 Å². The Kier molecular flexibility index (Phi) is 3.84. The first kappa shape index (κ1) is 14.6. The second kappa shape index (κ2) is 5.80. The van der Waals surface area contributed by atoms with Gasteiger partial charge in [-0.3, -0.25) is 0 Å². The van der Waals surface area contributed by atoms with E-state index in [-0.39, 0.29) is 0 Å². The number of aromatic nitrogens is 1. The third-order valence-corrected chi connectivity index (χ3v) is 4.13. The maximum atomic E-state index is 5.46. The topological polar surface area (TPSA) is 22.1 Å². The first-order chi connectivity index (χ1) is 10.6. The monoisotopic (exact) mass is 291 g/mol. The van der Waals surface area contributed by atoms with Gasteiger partial charge in [0.2, 0.25) is 0 Å². The summed E-state index contributed by atoms with van der Waals surface area (Å²) >= 11 is 0. The Labute approximate surface area is 131 Å². The van der Waals surface area contributed by atoms with Crippen LogP contribution in [0.5, 0.6) is 5.75 Å². The highest BCUT2D eigenvalue weighted by atomic mass is 16.5. The van der Waals surface area contributed by atoms with Crippen LogP contribution in [-0.2, 0) is 6.42 Å². The van der Waals surface area contributed by atoms with Gasteiger partial charge in [0.1, 0.15) is 5.75 Å². The number of fused-ring (bicyclic) bond motifs is 1. The Balaban J connectivity index is 2.16. The largest absolute Gasteiger partial charge is 0.496 e. The fraction of sp³-hybridized carbons (Fsp3) is 0.250. The summed E-state index contributed by atoms with van der Waals surface area (Å²) in [4.78, 5) is 4.86. The van der Waals surface area contributed by atoms with Crippen LogP contribution in [-0.4, -0.2) is 12.1 Å². The van der Waals surface area contributed by atoms with Crippen molar-refractivity contribution in [3.63, 3.8) is 0 Å². The van der Waals surface area contributed by atoms with Crippen molar-refractivity contribution in [3.8, 4) is 17.0 Å². The van der Waals surface area contributed by atoms with Gasteiger partial charge >= 0.3 is 0 Å². The molecule has 2 aromatic carbocycles. The van der Waals surface area contributed by atoms with Gasteiger partial charge in [0.15, 0.2) is 0 Å². The van der Waals surface area contributed by atoms with Gasteiger partial charge in [-0.2, -0.15) is 0 Å². The summed E-state index contributed by atoms with van der Waals surface area (Å²) in [5, 5.41) is 1.11. The van der Waals surface area contributed by atoms with E-state index in [1.165, 1.54) is 22.3 Å². The summed E-state index contributed by atoms with van der Waals surface area (Å²) in [6.07, 6.45) is 0.939. The molecule has 1 aromatic heterocycles. The van der Waals surface area contributed by atoms with E-state index in [1.807, 2.05) is 0 Å². The van der Waals surface area contributed by atoms with Crippen LogP contribution < -0.4 is 4.74 Å². The van der Waals surface area contributed by atoms with Crippen LogP contribution in [0.1, 0.15) is 23.6 Å². The molecule has 112 valence electrons. The molecule has 3 aromatic rings. The summed E-state index contributed by atoms with van der Waals surface area (Å²) < 4.78 is 5.46. The zero-order chi connectivity index (χ0) is 15.7. The number of rotatable bonds is 3. The van der Waals surface area contributed by atoms with E-state index in [0.29, 0.717) is 0 Å². The van der Waals surface area contributed by atoms with Crippen molar-refractivity contribution in [1.29, 1.82) is 0 Å². The van der Waals surface area contributed by atoms with Crippen molar-refractivity contribution in [1.82, 2.24) is 4.98 Å². The molecule has 22 heavy (non-hydrogen) atoms. The van der Waals surface area contributed by atoms with Crippen molar-refractivity contribution < 1.29 is 4.74 Å². The second-order valence-corrected chi connectivity index (χ2v) is 5.73. The number of pyridine rings is 1. The minimum Gasteiger partial charge on any atom is -0.496 e. The van der Waals surface area contributed by atoms with Crippen LogP contribution in [0.15, 0.2) is 42.5 Å². The molecule has 0 unspecified atom stereocenters. The van der Waals surface area contributed by atoms with Gasteiger partial charge in [-0.15, -0.1) is 0 Å². The maximum absolute atomic E-state index is 5.46. The van der Waals surface area contributed by atoms with Crippen molar-refractivity contribution in [2.45, 2.75) is 27.2 Å². The molecule has 0 spiro atoms. The fourth-order valence-corrected chi connectivity index (χ4v) is 2.91. The minimum absolute atomic E-state index is 0.939. The lowest BCUT2D eigenvalue weighted by Gasteiger charge is -2.11. The predicted octanol–water partition coefficient (Wildman–Crippen LogP) is 5.09. The lowest BCUT2D eigenvalue weighted by atomic mass is 10.0. The molecule has 3 rings (SSSR count). The van der Waals surface area contributed by atoms with Gasteiger partial charge in [-0.05, 0) is 49.6 Å². The number of ether oxygens (including phenoxy) is 1. The summed E-state index contributed by atoms with van der Waals surface area (Å²) in [6, 6.07) is 14.9. The van der Waals surface area contributed by atoms with Gasteiger partial charge in [0, 0.05) is 10.9 Å². The summed E-state index contributed by atoms with van der Waals surface area (Å²) in [6.45, 7) is 6.39. The Morgan fingerprint density at radius 3 is 2.50 bits per heavy atom. The van der Waals surface area contributed by atoms with Crippen molar-refractivity contribution in [2.75, 3.05) is 7.11 Å². The smallest absolute Gasteiger partial charge is 0.122 e. The molecule has 0 aliphatic heterocycles. The number of hydrogen-bond acceptors (Lipinski definition) is 2. The lowest BCUT2D eigenvalue weighted by Crippen LogP contribution is -1.93. The molecule has 0 N–H and O–H groups in total. The zero-order valence-corrected chi connectivity index (χ0v) is 13.6. The molecule has 2 heteroatoms. The number of benzene rings is 2. The SMILES string of the molecule is CCc1cc2nc(-c3ccc(C)cc3C)ccc2cc1OC. The minimum atomic E-state index is 0.939. The van der Waals surface area contributed by atoms with Gasteiger partial charge < -0.3 is 4.74 Å². The molecule has 0 aliphatic carbocycles. The molecular formula is C20H21NO. The van der Waals surface area contributed by atoms with E-state index >= 15 is 0 Å². The highest BCUT2D eigenvalue weighted by Crippen LogP contribution is 2.29. The van der Waals surface area contributed by atoms with E-state index in [0.717, 1.165) is 28.8 Å². The van der Waals surface area contributed by atoms with E-state index in [9.17, 15) is 0 Å². The molecule has 1 heterocycles. The number of hydrogen-bond donors (Lipinski definition) is 0. The molecule has 0 amide bonds. The van der Waals surface area contributed by atoms with E-state index < -0.39 is 0 Å². The van der Waals surface area contributed by atoms with E-state index in [1.54, 1.807) is 7.11 Å². The van der Waals surface area contributed by atoms with E-state index in [4.69, 9.17) is 9.72 Å². The van der Waals surface area contributed by atoms with Crippen LogP contribution in [0.2, 0.25) is 0 Å². The predicted molar refractivity (Wildman–Crippen MR) is 92.6 cm³/mol. The molecule has 0 aliphatic rings. The Hall–Kier alpha value is -2.35. The van der Waals surface area contributed by atoms with Crippen LogP contribution in [0.4, 0.5) is 0 Å². The van der Waals surface area contributed by atoms with Crippen molar-refractivity contribution in [3.05, 3.63) is 59.2 Å². The highest BCUT2D eigenvalue weighted by Gasteiger charge is 2.08. The Morgan fingerprint density at radius 1 is 1.00 bits per heavy atom. The number of methoxy groups -OCH3 is 1. The molecule has 0 fully saturated rings. The second-order valence-electron chi connectivity index (χ2n) is 5.73. The highest BCUT2D eigenvalue weighted by molar-refractivity contribution is 5.84. The normalized spacial score (nSPS) is 10.9. The molecule has 0 radical (unpaired) electrons. The van der Waals surface area contributed by atoms with Gasteiger partial charge in [-0.25, -0.2) is 4.98 Å². The molecule has 0 atom stereocenters. The third-order valence-electron chi connectivity index (χ3n) is 4.13. The summed E-state index contributed by atoms with van der Waals surface area (Å²) in [5.41, 5.74) is 6.98. The fourth-order valence-electron chi connectivity index (χ4n) is 2.91. The Bertz CT molecular complexity index is 836. The summed E-state index contributed by atoms with van der Waals surface area (Å²) in [7, 11) is 1.72. The number of aryl methyl sites for hydroxylation is 3. The number of nitrogens with zero attached hydrogens (tertiary/aromatic N) is 1. The molecule has 0 bridgehead atoms. The third kappa shape index (κ3) is 2.57. The van der Waals surface area contributed by atoms with Gasteiger partial charge in [0.25, 0.3) is 0 Å². The maximum Gasteiger partial charge on any atom is 0.122 e. The molecular weight excluding hydrogens is 270 g/mol. The summed E-state index contributed by atoms with van der Waals surface area (Å²) in [5.74, 6) is 0.941. The average molecular weight is 291 g/mol. The van der Waals surface area contributed by atoms with Crippen LogP contribution in [0, 0.1) is 13.8 Å². The van der Waals surface area contributed by atoms with Crippen molar-refractivity contribution in [2.24, 2.45) is 0 Å². The molecule has 0 saturated heterocycles. The molecule has 2 nitrogen and oxygen atoms in total. The van der Waals surface area contributed by atoms with Gasteiger partial charge in [0.05, 0.1) is 18.3 Å². The first-order valence-electron chi connectivity index (χ1n) is 7.67. The molecule has 0 saturated carbocycles. The van der Waals surface area contributed by atoms with Crippen LogP contribution in [0.3, 0.4) is 0 Å². The van der Waals surface area contributed by atoms with Crippen molar-refractivity contribution >= 4 is 10.9 Å². The first-order valence-corrected chi connectivity index (χ1v) is 7.67. The van der Waals surface area contributed by atoms with Crippen LogP contribution >= 0.6 is 0 Å². The lowest BCUT2D eigenvalue weighted by molar-refractivity contribution is 0.411. The average Bonchev–Trinajstić information content (AvgIpc) is 2.53. The Morgan fingerprint density at radius 2 is 1.82 bits per heavy atom. The van der Waals surface area contributed by atoms with Gasteiger partial charge in [-0.1, -0.05) is 36.8 Å². The standard InChI is InChI=1S/C20H21NO/c1-5-15-11-19-16(12-20(15)22-4)7-9-18(21-19)17-8-6-13(2)10-14(17)3/h6-12H,5H2,1-4H3. The van der Waals surface area contributed by atoms with Crippen LogP contribution in [0.25, 0.3) is 22.2 Å². The zero-order valence-electron chi connectivity index (χ0n) is 13.6. The quantitative estimate of drug-likeness (QED) is 0.670.